The summed E-state index contributed by atoms with van der Waals surface area (Å²) in [7, 11) is -3.94. The van der Waals surface area contributed by atoms with Gasteiger partial charge in [-0.15, -0.1) is 0 Å². The van der Waals surface area contributed by atoms with Gasteiger partial charge in [-0.2, -0.15) is 31.4 Å². The fourth-order valence-corrected chi connectivity index (χ4v) is 5.38. The van der Waals surface area contributed by atoms with Crippen LogP contribution in [0.1, 0.15) is 47.4 Å². The number of aromatic nitrogens is 2. The Morgan fingerprint density at radius 1 is 1.06 bits per heavy atom. The second-order valence-electron chi connectivity index (χ2n) is 7.84. The normalized spacial score (nSPS) is 22.0. The third kappa shape index (κ3) is 5.03. The van der Waals surface area contributed by atoms with Crippen LogP contribution in [-0.2, 0) is 29.2 Å². The van der Waals surface area contributed by atoms with E-state index < -0.39 is 79.6 Å². The predicted octanol–water partition coefficient (Wildman–Crippen LogP) is 4.41. The molecular formula is C19H17F8N3O3S. The molecule has 0 bridgehead atoms. The van der Waals surface area contributed by atoms with Crippen molar-refractivity contribution in [2.75, 3.05) is 0 Å². The first kappa shape index (κ1) is 25.9. The van der Waals surface area contributed by atoms with E-state index >= 15 is 4.39 Å². The fraction of sp³-hybridized carbons (Fsp3) is 0.474. The van der Waals surface area contributed by atoms with E-state index in [4.69, 9.17) is 0 Å². The molecule has 1 amide bonds. The third-order valence-electron chi connectivity index (χ3n) is 5.46. The number of carbonyl (C=O) groups is 1. The summed E-state index contributed by atoms with van der Waals surface area (Å²) in [5.41, 5.74) is -3.33. The van der Waals surface area contributed by atoms with Gasteiger partial charge in [-0.1, -0.05) is 0 Å². The van der Waals surface area contributed by atoms with Crippen molar-refractivity contribution in [1.29, 1.82) is 0 Å². The van der Waals surface area contributed by atoms with E-state index in [0.29, 0.717) is 16.8 Å². The zero-order valence-electron chi connectivity index (χ0n) is 17.3. The van der Waals surface area contributed by atoms with Crippen LogP contribution in [0.15, 0.2) is 29.2 Å². The largest absolute Gasteiger partial charge is 0.435 e. The number of benzene rings is 1. The summed E-state index contributed by atoms with van der Waals surface area (Å²) in [6, 6.07) is 0.215. The smallest absolute Gasteiger partial charge is 0.348 e. The predicted molar refractivity (Wildman–Crippen MR) is 100 cm³/mol. The van der Waals surface area contributed by atoms with Gasteiger partial charge in [0.25, 0.3) is 5.91 Å². The summed E-state index contributed by atoms with van der Waals surface area (Å²) in [6.45, 7) is 0. The molecule has 2 aromatic rings. The quantitative estimate of drug-likeness (QED) is 0.607. The minimum absolute atomic E-state index is 0.0823. The summed E-state index contributed by atoms with van der Waals surface area (Å²) in [4.78, 5) is 11.2. The Morgan fingerprint density at radius 3 is 2.15 bits per heavy atom. The average molecular weight is 519 g/mol. The number of halogens is 8. The molecule has 0 aliphatic heterocycles. The zero-order chi connectivity index (χ0) is 25.7. The first-order chi connectivity index (χ1) is 15.4. The van der Waals surface area contributed by atoms with Crippen LogP contribution in [-0.4, -0.2) is 35.1 Å². The van der Waals surface area contributed by atoms with Crippen molar-refractivity contribution >= 4 is 15.7 Å². The number of sulfone groups is 1. The van der Waals surface area contributed by atoms with E-state index in [1.54, 1.807) is 0 Å². The summed E-state index contributed by atoms with van der Waals surface area (Å²) in [6.07, 6.45) is -11.9. The molecule has 188 valence electrons. The number of aryl methyl sites for hydroxylation is 1. The minimum Gasteiger partial charge on any atom is -0.348 e. The highest BCUT2D eigenvalue weighted by Gasteiger charge is 2.49. The number of nitrogens with one attached hydrogen (secondary N) is 1. The minimum atomic E-state index is -5.06. The van der Waals surface area contributed by atoms with E-state index in [0.717, 1.165) is 7.05 Å². The van der Waals surface area contributed by atoms with Crippen molar-refractivity contribution in [2.24, 2.45) is 7.05 Å². The molecule has 1 aromatic heterocycles. The Morgan fingerprint density at radius 2 is 1.65 bits per heavy atom. The van der Waals surface area contributed by atoms with Gasteiger partial charge in [0.15, 0.2) is 5.69 Å². The van der Waals surface area contributed by atoms with Crippen molar-refractivity contribution in [3.63, 3.8) is 0 Å². The van der Waals surface area contributed by atoms with E-state index in [1.165, 1.54) is 0 Å². The highest BCUT2D eigenvalue weighted by molar-refractivity contribution is 7.92. The van der Waals surface area contributed by atoms with Gasteiger partial charge in [-0.3, -0.25) is 9.48 Å². The maximum atomic E-state index is 15.4. The maximum absolute atomic E-state index is 15.4. The summed E-state index contributed by atoms with van der Waals surface area (Å²) in [5, 5.41) is 2.54. The number of amides is 1. The molecule has 3 rings (SSSR count). The van der Waals surface area contributed by atoms with Gasteiger partial charge in [0.2, 0.25) is 14.8 Å². The molecule has 0 saturated heterocycles. The zero-order valence-corrected chi connectivity index (χ0v) is 18.1. The van der Waals surface area contributed by atoms with Gasteiger partial charge in [0, 0.05) is 19.2 Å². The van der Waals surface area contributed by atoms with Crippen molar-refractivity contribution in [2.45, 2.75) is 54.0 Å². The van der Waals surface area contributed by atoms with Crippen LogP contribution in [0.3, 0.4) is 0 Å². The number of carbonyl (C=O) groups excluding carboxylic acids is 1. The van der Waals surface area contributed by atoms with Gasteiger partial charge < -0.3 is 5.32 Å². The first-order valence-corrected chi connectivity index (χ1v) is 11.2. The highest BCUT2D eigenvalue weighted by Crippen LogP contribution is 2.42. The van der Waals surface area contributed by atoms with Gasteiger partial charge in [-0.05, 0) is 43.9 Å². The number of rotatable bonds is 4. The number of nitrogens with zero attached hydrogens (tertiary/aromatic N) is 2. The Balaban J connectivity index is 1.74. The van der Waals surface area contributed by atoms with Crippen LogP contribution >= 0.6 is 0 Å². The van der Waals surface area contributed by atoms with Crippen LogP contribution in [0.4, 0.5) is 35.1 Å². The Bertz CT molecular complexity index is 1200. The first-order valence-electron chi connectivity index (χ1n) is 9.67. The molecule has 1 heterocycles. The SMILES string of the molecule is Cn1nc(C(F)(F)F)cc1C(=O)N[C@H]1CC[C@](F)(S(=O)(=O)c2cc(F)cc(C(F)(F)F)c2)CC1. The lowest BCUT2D eigenvalue weighted by Gasteiger charge is -2.33. The van der Waals surface area contributed by atoms with Gasteiger partial charge in [0.1, 0.15) is 11.5 Å². The molecule has 6 nitrogen and oxygen atoms in total. The molecule has 0 atom stereocenters. The van der Waals surface area contributed by atoms with Crippen molar-refractivity contribution in [3.05, 3.63) is 47.0 Å². The van der Waals surface area contributed by atoms with Crippen LogP contribution in [0.2, 0.25) is 0 Å². The van der Waals surface area contributed by atoms with Crippen molar-refractivity contribution in [1.82, 2.24) is 15.1 Å². The van der Waals surface area contributed by atoms with E-state index in [2.05, 4.69) is 10.4 Å². The molecule has 0 unspecified atom stereocenters. The molecule has 15 heteroatoms. The Labute approximate surface area is 187 Å². The molecule has 1 aliphatic rings. The molecule has 1 N–H and O–H groups in total. The Hall–Kier alpha value is -2.71. The summed E-state index contributed by atoms with van der Waals surface area (Å²) >= 11 is 0. The molecule has 34 heavy (non-hydrogen) atoms. The number of hydrogen-bond donors (Lipinski definition) is 1. The van der Waals surface area contributed by atoms with Crippen molar-refractivity contribution in [3.8, 4) is 0 Å². The van der Waals surface area contributed by atoms with Crippen LogP contribution in [0.5, 0.6) is 0 Å². The monoisotopic (exact) mass is 519 g/mol. The lowest BCUT2D eigenvalue weighted by Crippen LogP contribution is -2.45. The second-order valence-corrected chi connectivity index (χ2v) is 10.1. The number of hydrogen-bond acceptors (Lipinski definition) is 4. The summed E-state index contributed by atoms with van der Waals surface area (Å²) in [5.74, 6) is -2.46. The number of alkyl halides is 7. The van der Waals surface area contributed by atoms with Gasteiger partial charge in [0.05, 0.1) is 10.5 Å². The van der Waals surface area contributed by atoms with Crippen LogP contribution < -0.4 is 5.32 Å². The lowest BCUT2D eigenvalue weighted by atomic mass is 9.93. The van der Waals surface area contributed by atoms with Crippen LogP contribution in [0, 0.1) is 5.82 Å². The van der Waals surface area contributed by atoms with Gasteiger partial charge >= 0.3 is 12.4 Å². The molecule has 1 aliphatic carbocycles. The van der Waals surface area contributed by atoms with Gasteiger partial charge in [-0.25, -0.2) is 17.2 Å². The lowest BCUT2D eigenvalue weighted by molar-refractivity contribution is -0.141. The van der Waals surface area contributed by atoms with Crippen molar-refractivity contribution < 1.29 is 48.3 Å². The maximum Gasteiger partial charge on any atom is 0.435 e. The topological polar surface area (TPSA) is 81.1 Å². The molecule has 1 saturated carbocycles. The molecular weight excluding hydrogens is 502 g/mol. The third-order valence-corrected chi connectivity index (χ3v) is 7.69. The summed E-state index contributed by atoms with van der Waals surface area (Å²) < 4.78 is 132. The Kier molecular flexibility index (Phi) is 6.48. The van der Waals surface area contributed by atoms with Crippen LogP contribution in [0.25, 0.3) is 0 Å². The average Bonchev–Trinajstić information content (AvgIpc) is 3.11. The molecule has 0 radical (unpaired) electrons. The fourth-order valence-electron chi connectivity index (χ4n) is 3.63. The second kappa shape index (κ2) is 8.50. The molecule has 1 fully saturated rings. The van der Waals surface area contributed by atoms with E-state index in [1.807, 2.05) is 0 Å². The molecule has 1 aromatic carbocycles. The standard InChI is InChI=1S/C19H17F8N3O3S/c1-30-14(9-15(29-30)19(25,26)27)16(31)28-12-2-4-17(21,5-3-12)34(32,33)13-7-10(18(22,23)24)6-11(20)8-13/h6-9,12H,2-5H2,1H3,(H,28,31)/t12-,17-. The highest BCUT2D eigenvalue weighted by atomic mass is 32.2. The van der Waals surface area contributed by atoms with E-state index in [-0.39, 0.29) is 25.0 Å². The van der Waals surface area contributed by atoms with E-state index in [9.17, 15) is 43.9 Å². The molecule has 0 spiro atoms.